The number of ether oxygens (including phenoxy) is 2. The molecule has 1 atom stereocenters. The van der Waals surface area contributed by atoms with Crippen LogP contribution in [0.1, 0.15) is 19.8 Å². The number of piperidine rings is 1. The van der Waals surface area contributed by atoms with Gasteiger partial charge < -0.3 is 25.0 Å². The van der Waals surface area contributed by atoms with Gasteiger partial charge in [0.15, 0.2) is 5.96 Å². The molecule has 0 amide bonds. The maximum absolute atomic E-state index is 6.14. The maximum Gasteiger partial charge on any atom is 0.191 e. The van der Waals surface area contributed by atoms with E-state index in [1.165, 1.54) is 0 Å². The van der Waals surface area contributed by atoms with Crippen molar-refractivity contribution in [2.75, 3.05) is 46.9 Å². The van der Waals surface area contributed by atoms with E-state index in [1.807, 2.05) is 31.2 Å². The second-order valence-corrected chi connectivity index (χ2v) is 6.97. The Labute approximate surface area is 161 Å². The molecule has 26 heavy (non-hydrogen) atoms. The fourth-order valence-corrected chi connectivity index (χ4v) is 3.13. The van der Waals surface area contributed by atoms with Gasteiger partial charge in [-0.25, -0.2) is 0 Å². The SMILES string of the molecule is CN=C(NCC(C)Oc1ccccc1Cl)NC1CCN(CCOC)CC1. The number of nitrogens with one attached hydrogen (secondary N) is 2. The summed E-state index contributed by atoms with van der Waals surface area (Å²) >= 11 is 6.14. The highest BCUT2D eigenvalue weighted by molar-refractivity contribution is 6.32. The first-order valence-electron chi connectivity index (χ1n) is 9.22. The van der Waals surface area contributed by atoms with E-state index in [-0.39, 0.29) is 6.10 Å². The quantitative estimate of drug-likeness (QED) is 0.534. The van der Waals surface area contributed by atoms with Gasteiger partial charge in [-0.3, -0.25) is 4.99 Å². The van der Waals surface area contributed by atoms with Gasteiger partial charge in [0.1, 0.15) is 11.9 Å². The van der Waals surface area contributed by atoms with E-state index in [4.69, 9.17) is 21.1 Å². The van der Waals surface area contributed by atoms with Gasteiger partial charge in [-0.05, 0) is 31.9 Å². The number of para-hydroxylation sites is 1. The minimum Gasteiger partial charge on any atom is -0.487 e. The van der Waals surface area contributed by atoms with Crippen molar-refractivity contribution in [1.82, 2.24) is 15.5 Å². The first-order chi connectivity index (χ1) is 12.6. The maximum atomic E-state index is 6.14. The van der Waals surface area contributed by atoms with Gasteiger partial charge in [0.25, 0.3) is 0 Å². The number of rotatable bonds is 8. The lowest BCUT2D eigenvalue weighted by Crippen LogP contribution is -2.50. The summed E-state index contributed by atoms with van der Waals surface area (Å²) in [6.45, 7) is 6.64. The van der Waals surface area contributed by atoms with E-state index in [1.54, 1.807) is 14.2 Å². The van der Waals surface area contributed by atoms with Crippen LogP contribution in [0, 0.1) is 0 Å². The van der Waals surface area contributed by atoms with E-state index >= 15 is 0 Å². The van der Waals surface area contributed by atoms with Crippen LogP contribution in [0.3, 0.4) is 0 Å². The average Bonchev–Trinajstić information content (AvgIpc) is 2.66. The molecule has 1 aromatic carbocycles. The molecule has 7 heteroatoms. The normalized spacial score (nSPS) is 17.8. The molecule has 6 nitrogen and oxygen atoms in total. The zero-order valence-corrected chi connectivity index (χ0v) is 16.8. The summed E-state index contributed by atoms with van der Waals surface area (Å²) in [5, 5.41) is 7.48. The molecular formula is C19H31ClN4O2. The third-order valence-electron chi connectivity index (χ3n) is 4.49. The summed E-state index contributed by atoms with van der Waals surface area (Å²) in [4.78, 5) is 6.77. The van der Waals surface area contributed by atoms with E-state index in [2.05, 4.69) is 20.5 Å². The summed E-state index contributed by atoms with van der Waals surface area (Å²) in [6.07, 6.45) is 2.19. The highest BCUT2D eigenvalue weighted by Gasteiger charge is 2.19. The third kappa shape index (κ3) is 7.02. The number of aliphatic imine (C=N–C) groups is 1. The fraction of sp³-hybridized carbons (Fsp3) is 0.632. The third-order valence-corrected chi connectivity index (χ3v) is 4.80. The van der Waals surface area contributed by atoms with Gasteiger partial charge >= 0.3 is 0 Å². The highest BCUT2D eigenvalue weighted by atomic mass is 35.5. The molecule has 1 heterocycles. The minimum atomic E-state index is -0.0238. The van der Waals surface area contributed by atoms with Gasteiger partial charge in [0.05, 0.1) is 18.2 Å². The Morgan fingerprint density at radius 3 is 2.73 bits per heavy atom. The highest BCUT2D eigenvalue weighted by Crippen LogP contribution is 2.24. The summed E-state index contributed by atoms with van der Waals surface area (Å²) in [5.41, 5.74) is 0. The van der Waals surface area contributed by atoms with Gasteiger partial charge in [0, 0.05) is 39.8 Å². The van der Waals surface area contributed by atoms with Crippen molar-refractivity contribution in [3.8, 4) is 5.75 Å². The monoisotopic (exact) mass is 382 g/mol. The first-order valence-corrected chi connectivity index (χ1v) is 9.59. The Hall–Kier alpha value is -1.50. The van der Waals surface area contributed by atoms with Gasteiger partial charge in [-0.2, -0.15) is 0 Å². The van der Waals surface area contributed by atoms with Gasteiger partial charge in [-0.1, -0.05) is 23.7 Å². The average molecular weight is 383 g/mol. The molecule has 1 aliphatic rings. The standard InChI is InChI=1S/C19H31ClN4O2/c1-15(26-18-7-5-4-6-17(18)20)14-22-19(21-2)23-16-8-10-24(11-9-16)12-13-25-3/h4-7,15-16H,8-14H2,1-3H3,(H2,21,22,23). The van der Waals surface area contributed by atoms with Crippen LogP contribution in [0.25, 0.3) is 0 Å². The van der Waals surface area contributed by atoms with Crippen molar-refractivity contribution in [2.24, 2.45) is 4.99 Å². The van der Waals surface area contributed by atoms with Crippen LogP contribution < -0.4 is 15.4 Å². The molecule has 0 aliphatic carbocycles. The number of nitrogens with zero attached hydrogens (tertiary/aromatic N) is 2. The lowest BCUT2D eigenvalue weighted by molar-refractivity contribution is 0.128. The summed E-state index contributed by atoms with van der Waals surface area (Å²) < 4.78 is 11.0. The van der Waals surface area contributed by atoms with E-state index in [0.717, 1.165) is 45.0 Å². The van der Waals surface area contributed by atoms with Crippen molar-refractivity contribution in [1.29, 1.82) is 0 Å². The predicted octanol–water partition coefficient (Wildman–Crippen LogP) is 2.38. The minimum absolute atomic E-state index is 0.0238. The van der Waals surface area contributed by atoms with Crippen LogP contribution in [-0.4, -0.2) is 69.9 Å². The lowest BCUT2D eigenvalue weighted by atomic mass is 10.1. The lowest BCUT2D eigenvalue weighted by Gasteiger charge is -2.33. The molecule has 0 radical (unpaired) electrons. The molecule has 1 aromatic rings. The van der Waals surface area contributed by atoms with E-state index in [9.17, 15) is 0 Å². The van der Waals surface area contributed by atoms with Crippen LogP contribution in [0.4, 0.5) is 0 Å². The zero-order chi connectivity index (χ0) is 18.8. The zero-order valence-electron chi connectivity index (χ0n) is 16.0. The van der Waals surface area contributed by atoms with Gasteiger partial charge in [0.2, 0.25) is 0 Å². The molecule has 1 unspecified atom stereocenters. The van der Waals surface area contributed by atoms with Crippen molar-refractivity contribution < 1.29 is 9.47 Å². The largest absolute Gasteiger partial charge is 0.487 e. The first kappa shape index (κ1) is 20.8. The Morgan fingerprint density at radius 2 is 2.08 bits per heavy atom. The number of hydrogen-bond acceptors (Lipinski definition) is 4. The van der Waals surface area contributed by atoms with Crippen LogP contribution in [-0.2, 0) is 4.74 Å². The number of likely N-dealkylation sites (tertiary alicyclic amines) is 1. The van der Waals surface area contributed by atoms with Crippen molar-refractivity contribution in [2.45, 2.75) is 31.9 Å². The molecule has 2 N–H and O–H groups in total. The summed E-state index contributed by atoms with van der Waals surface area (Å²) in [7, 11) is 3.54. The topological polar surface area (TPSA) is 58.1 Å². The Morgan fingerprint density at radius 1 is 1.35 bits per heavy atom. The number of methoxy groups -OCH3 is 1. The predicted molar refractivity (Wildman–Crippen MR) is 107 cm³/mol. The number of guanidine groups is 1. The molecule has 146 valence electrons. The molecular weight excluding hydrogens is 352 g/mol. The molecule has 1 saturated heterocycles. The number of benzene rings is 1. The van der Waals surface area contributed by atoms with Crippen LogP contribution in [0.15, 0.2) is 29.3 Å². The second kappa shape index (κ2) is 11.3. The Bertz CT molecular complexity index is 562. The Balaban J connectivity index is 1.70. The molecule has 0 spiro atoms. The number of halogens is 1. The summed E-state index contributed by atoms with van der Waals surface area (Å²) in [6, 6.07) is 7.96. The van der Waals surface area contributed by atoms with Crippen molar-refractivity contribution in [3.63, 3.8) is 0 Å². The smallest absolute Gasteiger partial charge is 0.191 e. The number of hydrogen-bond donors (Lipinski definition) is 2. The second-order valence-electron chi connectivity index (χ2n) is 6.57. The van der Waals surface area contributed by atoms with Crippen LogP contribution in [0.5, 0.6) is 5.75 Å². The molecule has 2 rings (SSSR count). The molecule has 0 saturated carbocycles. The van der Waals surface area contributed by atoms with Crippen LogP contribution in [0.2, 0.25) is 5.02 Å². The molecule has 0 aromatic heterocycles. The van der Waals surface area contributed by atoms with Crippen LogP contribution >= 0.6 is 11.6 Å². The summed E-state index contributed by atoms with van der Waals surface area (Å²) in [5.74, 6) is 1.52. The van der Waals surface area contributed by atoms with Crippen molar-refractivity contribution in [3.05, 3.63) is 29.3 Å². The molecule has 1 aliphatic heterocycles. The van der Waals surface area contributed by atoms with E-state index in [0.29, 0.717) is 23.4 Å². The molecule has 0 bridgehead atoms. The van der Waals surface area contributed by atoms with E-state index < -0.39 is 0 Å². The fourth-order valence-electron chi connectivity index (χ4n) is 2.95. The van der Waals surface area contributed by atoms with Crippen molar-refractivity contribution >= 4 is 17.6 Å². The Kier molecular flexibility index (Phi) is 9.01. The van der Waals surface area contributed by atoms with Gasteiger partial charge in [-0.15, -0.1) is 0 Å². The molecule has 1 fully saturated rings.